The van der Waals surface area contributed by atoms with Crippen LogP contribution in [0.4, 0.5) is 5.82 Å². The quantitative estimate of drug-likeness (QED) is 0.353. The SMILES string of the molecule is Cc1cccn2c(=O)c(C=C3SC(=S)N(CCc4ccccc4)C3=O)c(N3CC(C)CC(C)C3)nc12. The maximum absolute atomic E-state index is 13.8. The minimum atomic E-state index is -0.167. The second-order valence-corrected chi connectivity index (χ2v) is 11.6. The van der Waals surface area contributed by atoms with E-state index in [0.29, 0.717) is 44.6 Å². The second-order valence-electron chi connectivity index (χ2n) is 9.96. The van der Waals surface area contributed by atoms with Crippen molar-refractivity contribution < 1.29 is 4.79 Å². The Kier molecular flexibility index (Phi) is 6.99. The van der Waals surface area contributed by atoms with E-state index in [1.807, 2.05) is 49.4 Å². The number of pyridine rings is 1. The van der Waals surface area contributed by atoms with E-state index in [1.165, 1.54) is 11.8 Å². The molecule has 1 aromatic carbocycles. The summed E-state index contributed by atoms with van der Waals surface area (Å²) in [6, 6.07) is 13.9. The first kappa shape index (κ1) is 24.7. The highest BCUT2D eigenvalue weighted by atomic mass is 32.2. The van der Waals surface area contributed by atoms with Crippen LogP contribution in [0.15, 0.2) is 58.4 Å². The van der Waals surface area contributed by atoms with Crippen LogP contribution < -0.4 is 10.5 Å². The molecule has 2 aromatic heterocycles. The van der Waals surface area contributed by atoms with Gasteiger partial charge in [-0.15, -0.1) is 0 Å². The van der Waals surface area contributed by atoms with Crippen LogP contribution in [-0.4, -0.2) is 44.1 Å². The van der Waals surface area contributed by atoms with Gasteiger partial charge in [0, 0.05) is 25.8 Å². The molecule has 2 fully saturated rings. The summed E-state index contributed by atoms with van der Waals surface area (Å²) in [5, 5.41) is 0. The van der Waals surface area contributed by atoms with Gasteiger partial charge in [0.05, 0.1) is 10.5 Å². The van der Waals surface area contributed by atoms with E-state index in [-0.39, 0.29) is 11.5 Å². The normalized spacial score (nSPS) is 21.7. The van der Waals surface area contributed by atoms with Crippen LogP contribution in [-0.2, 0) is 11.2 Å². The molecule has 5 rings (SSSR count). The predicted octanol–water partition coefficient (Wildman–Crippen LogP) is 4.93. The fourth-order valence-corrected chi connectivity index (χ4v) is 6.50. The third kappa shape index (κ3) is 4.84. The number of benzene rings is 1. The number of hydrogen-bond acceptors (Lipinski definition) is 6. The van der Waals surface area contributed by atoms with Crippen LogP contribution in [0.2, 0.25) is 0 Å². The highest BCUT2D eigenvalue weighted by Crippen LogP contribution is 2.34. The number of carbonyl (C=O) groups is 1. The van der Waals surface area contributed by atoms with Crippen molar-refractivity contribution >= 4 is 51.7 Å². The van der Waals surface area contributed by atoms with Crippen molar-refractivity contribution in [2.24, 2.45) is 11.8 Å². The van der Waals surface area contributed by atoms with E-state index in [0.717, 1.165) is 37.1 Å². The average molecular weight is 519 g/mol. The lowest BCUT2D eigenvalue weighted by atomic mass is 9.91. The van der Waals surface area contributed by atoms with Gasteiger partial charge < -0.3 is 4.90 Å². The van der Waals surface area contributed by atoms with Crippen LogP contribution in [0.5, 0.6) is 0 Å². The summed E-state index contributed by atoms with van der Waals surface area (Å²) >= 11 is 6.82. The first-order valence-electron chi connectivity index (χ1n) is 12.4. The minimum Gasteiger partial charge on any atom is -0.355 e. The van der Waals surface area contributed by atoms with Gasteiger partial charge in [-0.05, 0) is 54.9 Å². The zero-order valence-electron chi connectivity index (χ0n) is 20.8. The van der Waals surface area contributed by atoms with E-state index in [9.17, 15) is 9.59 Å². The molecule has 0 spiro atoms. The fourth-order valence-electron chi connectivity index (χ4n) is 5.21. The molecule has 1 amide bonds. The van der Waals surface area contributed by atoms with Crippen LogP contribution in [0.1, 0.15) is 37.0 Å². The molecule has 2 unspecified atom stereocenters. The van der Waals surface area contributed by atoms with E-state index < -0.39 is 0 Å². The fraction of sp³-hybridized carbons (Fsp3) is 0.357. The van der Waals surface area contributed by atoms with Crippen LogP contribution in [0.25, 0.3) is 11.7 Å². The Morgan fingerprint density at radius 2 is 1.81 bits per heavy atom. The molecule has 4 heterocycles. The van der Waals surface area contributed by atoms with Crippen molar-refractivity contribution in [3.05, 3.63) is 80.6 Å². The van der Waals surface area contributed by atoms with Gasteiger partial charge in [-0.3, -0.25) is 18.9 Å². The van der Waals surface area contributed by atoms with Gasteiger partial charge in [0.15, 0.2) is 0 Å². The van der Waals surface area contributed by atoms with Gasteiger partial charge in [-0.1, -0.05) is 74.2 Å². The molecule has 36 heavy (non-hydrogen) atoms. The Hall–Kier alpha value is -2.97. The number of thiocarbonyl (C=S) groups is 1. The van der Waals surface area contributed by atoms with E-state index in [1.54, 1.807) is 21.6 Å². The molecule has 2 saturated heterocycles. The Morgan fingerprint density at radius 1 is 1.08 bits per heavy atom. The molecule has 3 aromatic rings. The Morgan fingerprint density at radius 3 is 2.53 bits per heavy atom. The van der Waals surface area contributed by atoms with Gasteiger partial charge in [-0.25, -0.2) is 4.98 Å². The molecular weight excluding hydrogens is 488 g/mol. The van der Waals surface area contributed by atoms with Crippen molar-refractivity contribution in [1.29, 1.82) is 0 Å². The molecule has 186 valence electrons. The Bertz CT molecular complexity index is 1410. The topological polar surface area (TPSA) is 57.9 Å². The van der Waals surface area contributed by atoms with Crippen molar-refractivity contribution in [3.63, 3.8) is 0 Å². The van der Waals surface area contributed by atoms with Crippen LogP contribution >= 0.6 is 24.0 Å². The summed E-state index contributed by atoms with van der Waals surface area (Å²) in [5.74, 6) is 1.49. The number of hydrogen-bond donors (Lipinski definition) is 0. The molecule has 2 aliphatic rings. The average Bonchev–Trinajstić information content (AvgIpc) is 3.11. The molecule has 0 N–H and O–H groups in total. The van der Waals surface area contributed by atoms with Crippen LogP contribution in [0, 0.1) is 18.8 Å². The molecule has 2 aliphatic heterocycles. The lowest BCUT2D eigenvalue weighted by molar-refractivity contribution is -0.122. The maximum atomic E-state index is 13.8. The number of aromatic nitrogens is 2. The number of rotatable bonds is 5. The number of thioether (sulfide) groups is 1. The summed E-state index contributed by atoms with van der Waals surface area (Å²) in [7, 11) is 0. The van der Waals surface area contributed by atoms with Crippen LogP contribution in [0.3, 0.4) is 0 Å². The predicted molar refractivity (Wildman–Crippen MR) is 151 cm³/mol. The van der Waals surface area contributed by atoms with Gasteiger partial charge in [0.25, 0.3) is 11.5 Å². The number of nitrogens with zero attached hydrogens (tertiary/aromatic N) is 4. The van der Waals surface area contributed by atoms with Gasteiger partial charge >= 0.3 is 0 Å². The molecule has 8 heteroatoms. The minimum absolute atomic E-state index is 0.152. The molecule has 2 atom stereocenters. The summed E-state index contributed by atoms with van der Waals surface area (Å²) in [6.45, 7) is 8.60. The third-order valence-electron chi connectivity index (χ3n) is 6.85. The lowest BCUT2D eigenvalue weighted by Gasteiger charge is -2.36. The van der Waals surface area contributed by atoms with Crippen molar-refractivity contribution in [2.45, 2.75) is 33.6 Å². The van der Waals surface area contributed by atoms with Gasteiger partial charge in [-0.2, -0.15) is 0 Å². The number of amides is 1. The smallest absolute Gasteiger partial charge is 0.267 e. The molecule has 0 bridgehead atoms. The molecule has 0 aliphatic carbocycles. The van der Waals surface area contributed by atoms with Crippen molar-refractivity contribution in [1.82, 2.24) is 14.3 Å². The monoisotopic (exact) mass is 518 g/mol. The first-order chi connectivity index (χ1) is 17.3. The number of carbonyl (C=O) groups excluding carboxylic acids is 1. The van der Waals surface area contributed by atoms with E-state index >= 15 is 0 Å². The lowest BCUT2D eigenvalue weighted by Crippen LogP contribution is -2.40. The maximum Gasteiger partial charge on any atom is 0.267 e. The van der Waals surface area contributed by atoms with Gasteiger partial charge in [0.2, 0.25) is 0 Å². The second kappa shape index (κ2) is 10.2. The van der Waals surface area contributed by atoms with Crippen molar-refractivity contribution in [3.8, 4) is 0 Å². The summed E-state index contributed by atoms with van der Waals surface area (Å²) in [6.07, 6.45) is 5.32. The highest BCUT2D eigenvalue weighted by Gasteiger charge is 2.33. The standard InChI is InChI=1S/C28H30N4O2S2/c1-18-14-19(2)17-30(16-18)25-22(26(33)31-12-7-8-20(3)24(31)29-25)15-23-27(34)32(28(35)36-23)13-11-21-9-5-4-6-10-21/h4-10,12,15,18-19H,11,13-14,16-17H2,1-3H3. The molecule has 0 radical (unpaired) electrons. The summed E-state index contributed by atoms with van der Waals surface area (Å²) in [4.78, 5) is 36.4. The first-order valence-corrected chi connectivity index (χ1v) is 13.6. The zero-order valence-corrected chi connectivity index (χ0v) is 22.4. The summed E-state index contributed by atoms with van der Waals surface area (Å²) < 4.78 is 2.10. The number of fused-ring (bicyclic) bond motifs is 1. The van der Waals surface area contributed by atoms with E-state index in [2.05, 4.69) is 18.7 Å². The van der Waals surface area contributed by atoms with E-state index in [4.69, 9.17) is 17.2 Å². The number of aryl methyl sites for hydroxylation is 1. The summed E-state index contributed by atoms with van der Waals surface area (Å²) in [5.41, 5.74) is 3.02. The third-order valence-corrected chi connectivity index (χ3v) is 8.23. The number of anilines is 1. The van der Waals surface area contributed by atoms with Crippen molar-refractivity contribution in [2.75, 3.05) is 24.5 Å². The zero-order chi connectivity index (χ0) is 25.4. The molecule has 6 nitrogen and oxygen atoms in total. The molecular formula is C28H30N4O2S2. The Labute approximate surface area is 221 Å². The largest absolute Gasteiger partial charge is 0.355 e. The highest BCUT2D eigenvalue weighted by molar-refractivity contribution is 8.26. The molecule has 0 saturated carbocycles. The van der Waals surface area contributed by atoms with Gasteiger partial charge in [0.1, 0.15) is 15.8 Å². The Balaban J connectivity index is 1.54. The number of piperidine rings is 1.